The van der Waals surface area contributed by atoms with E-state index in [9.17, 15) is 4.79 Å². The van der Waals surface area contributed by atoms with Crippen molar-refractivity contribution in [1.29, 1.82) is 0 Å². The van der Waals surface area contributed by atoms with Gasteiger partial charge < -0.3 is 9.80 Å². The molecule has 0 aromatic carbocycles. The molecule has 3 saturated heterocycles. The molecule has 0 radical (unpaired) electrons. The van der Waals surface area contributed by atoms with Crippen LogP contribution < -0.4 is 0 Å². The van der Waals surface area contributed by atoms with Gasteiger partial charge in [-0.15, -0.1) is 11.7 Å². The third-order valence-corrected chi connectivity index (χ3v) is 5.44. The smallest absolute Gasteiger partial charge is 0.227 e. The average Bonchev–Trinajstić information content (AvgIpc) is 3.01. The van der Waals surface area contributed by atoms with Crippen LogP contribution in [0, 0.1) is 11.8 Å². The van der Waals surface area contributed by atoms with Crippen LogP contribution in [0.2, 0.25) is 0 Å². The summed E-state index contributed by atoms with van der Waals surface area (Å²) >= 11 is 0. The van der Waals surface area contributed by atoms with Crippen LogP contribution in [0.1, 0.15) is 18.5 Å². The Balaban J connectivity index is 1.59. The standard InChI is InChI=1S/C18H30N6O/c1-5-7-22(4)18(25)17-13-23-8-6-14(17)9-16(23)12-24-11-15(19-20-24)10-21(2)3/h5,11,14,16-17H,1,6-10,12-13H2,2-4H3/t14-,16+,17-/m0/s1. The Hall–Kier alpha value is -1.73. The van der Waals surface area contributed by atoms with Crippen molar-refractivity contribution in [2.45, 2.75) is 32.0 Å². The molecule has 1 amide bonds. The third kappa shape index (κ3) is 4.10. The number of amides is 1. The van der Waals surface area contributed by atoms with Crippen LogP contribution in [0.5, 0.6) is 0 Å². The minimum Gasteiger partial charge on any atom is -0.342 e. The summed E-state index contributed by atoms with van der Waals surface area (Å²) in [7, 11) is 5.94. The number of aromatic nitrogens is 3. The molecule has 3 aliphatic rings. The number of hydrogen-bond acceptors (Lipinski definition) is 5. The van der Waals surface area contributed by atoms with Crippen molar-refractivity contribution in [3.63, 3.8) is 0 Å². The average molecular weight is 346 g/mol. The number of hydrogen-bond donors (Lipinski definition) is 0. The summed E-state index contributed by atoms with van der Waals surface area (Å²) in [5.74, 6) is 0.886. The fraction of sp³-hybridized carbons (Fsp3) is 0.722. The van der Waals surface area contributed by atoms with Crippen LogP contribution >= 0.6 is 0 Å². The molecule has 3 fully saturated rings. The molecule has 1 aromatic rings. The zero-order valence-electron chi connectivity index (χ0n) is 15.6. The van der Waals surface area contributed by atoms with E-state index in [1.165, 1.54) is 0 Å². The van der Waals surface area contributed by atoms with Gasteiger partial charge in [-0.1, -0.05) is 11.3 Å². The molecule has 0 N–H and O–H groups in total. The summed E-state index contributed by atoms with van der Waals surface area (Å²) < 4.78 is 1.96. The summed E-state index contributed by atoms with van der Waals surface area (Å²) in [5, 5.41) is 8.53. The first-order valence-electron chi connectivity index (χ1n) is 9.11. The lowest BCUT2D eigenvalue weighted by Gasteiger charge is -2.49. The maximum Gasteiger partial charge on any atom is 0.227 e. The highest BCUT2D eigenvalue weighted by Gasteiger charge is 2.43. The van der Waals surface area contributed by atoms with Gasteiger partial charge in [0.25, 0.3) is 0 Å². The van der Waals surface area contributed by atoms with E-state index in [4.69, 9.17) is 0 Å². The molecule has 0 aliphatic carbocycles. The number of fused-ring (bicyclic) bond motifs is 3. The first kappa shape index (κ1) is 18.1. The van der Waals surface area contributed by atoms with Crippen LogP contribution in [0.4, 0.5) is 0 Å². The van der Waals surface area contributed by atoms with Gasteiger partial charge >= 0.3 is 0 Å². The Kier molecular flexibility index (Phi) is 5.54. The first-order chi connectivity index (χ1) is 12.0. The van der Waals surface area contributed by atoms with Gasteiger partial charge in [-0.05, 0) is 39.4 Å². The van der Waals surface area contributed by atoms with Crippen LogP contribution in [0.15, 0.2) is 18.9 Å². The SMILES string of the molecule is C=CCN(C)C(=O)[C@H]1CN2CC[C@H]1C[C@@H]2Cn1cc(CN(C)C)nn1. The van der Waals surface area contributed by atoms with E-state index >= 15 is 0 Å². The molecule has 3 aliphatic heterocycles. The van der Waals surface area contributed by atoms with Gasteiger partial charge in [0.2, 0.25) is 5.91 Å². The number of carbonyl (C=O) groups excluding carboxylic acids is 1. The van der Waals surface area contributed by atoms with Gasteiger partial charge in [0.05, 0.1) is 18.2 Å². The molecule has 138 valence electrons. The summed E-state index contributed by atoms with van der Waals surface area (Å²) in [6.07, 6.45) is 6.03. The second kappa shape index (κ2) is 7.66. The maximum absolute atomic E-state index is 12.7. The summed E-state index contributed by atoms with van der Waals surface area (Å²) in [4.78, 5) is 19.0. The van der Waals surface area contributed by atoms with E-state index in [1.807, 2.05) is 32.0 Å². The van der Waals surface area contributed by atoms with Crippen molar-refractivity contribution in [3.05, 3.63) is 24.5 Å². The van der Waals surface area contributed by atoms with Crippen LogP contribution in [0.3, 0.4) is 0 Å². The molecule has 7 heteroatoms. The molecule has 0 saturated carbocycles. The minimum atomic E-state index is 0.134. The zero-order valence-corrected chi connectivity index (χ0v) is 15.6. The van der Waals surface area contributed by atoms with E-state index in [2.05, 4.69) is 26.7 Å². The van der Waals surface area contributed by atoms with Crippen molar-refractivity contribution >= 4 is 5.91 Å². The number of rotatable bonds is 7. The van der Waals surface area contributed by atoms with Crippen molar-refractivity contribution in [2.75, 3.05) is 40.8 Å². The van der Waals surface area contributed by atoms with Crippen LogP contribution in [-0.2, 0) is 17.9 Å². The highest BCUT2D eigenvalue weighted by Crippen LogP contribution is 2.37. The first-order valence-corrected chi connectivity index (χ1v) is 9.11. The lowest BCUT2D eigenvalue weighted by Crippen LogP contribution is -2.58. The van der Waals surface area contributed by atoms with E-state index in [0.717, 1.165) is 44.7 Å². The number of likely N-dealkylation sites (N-methyl/N-ethyl adjacent to an activating group) is 1. The Morgan fingerprint density at radius 3 is 2.88 bits per heavy atom. The van der Waals surface area contributed by atoms with E-state index in [1.54, 1.807) is 11.0 Å². The predicted molar refractivity (Wildman–Crippen MR) is 96.8 cm³/mol. The lowest BCUT2D eigenvalue weighted by molar-refractivity contribution is -0.142. The molecule has 4 atom stereocenters. The fourth-order valence-corrected chi connectivity index (χ4v) is 4.21. The van der Waals surface area contributed by atoms with E-state index < -0.39 is 0 Å². The molecule has 7 nitrogen and oxygen atoms in total. The van der Waals surface area contributed by atoms with Crippen molar-refractivity contribution < 1.29 is 4.79 Å². The molecular weight excluding hydrogens is 316 g/mol. The fourth-order valence-electron chi connectivity index (χ4n) is 4.21. The van der Waals surface area contributed by atoms with Gasteiger partial charge in [0.15, 0.2) is 0 Å². The number of piperidine rings is 3. The maximum atomic E-state index is 12.7. The summed E-state index contributed by atoms with van der Waals surface area (Å²) in [6.45, 7) is 7.98. The quantitative estimate of drug-likeness (QED) is 0.680. The van der Waals surface area contributed by atoms with Crippen LogP contribution in [0.25, 0.3) is 0 Å². The minimum absolute atomic E-state index is 0.134. The van der Waals surface area contributed by atoms with Gasteiger partial charge in [-0.2, -0.15) is 0 Å². The number of nitrogens with zero attached hydrogens (tertiary/aromatic N) is 6. The molecule has 0 spiro atoms. The molecule has 1 unspecified atom stereocenters. The topological polar surface area (TPSA) is 57.5 Å². The van der Waals surface area contributed by atoms with Gasteiger partial charge in [0.1, 0.15) is 0 Å². The molecule has 4 rings (SSSR count). The van der Waals surface area contributed by atoms with Crippen molar-refractivity contribution in [2.24, 2.45) is 11.8 Å². The highest BCUT2D eigenvalue weighted by atomic mass is 16.2. The zero-order chi connectivity index (χ0) is 18.0. The summed E-state index contributed by atoms with van der Waals surface area (Å²) in [6, 6.07) is 0.460. The third-order valence-electron chi connectivity index (χ3n) is 5.44. The normalized spacial score (nSPS) is 28.3. The molecular formula is C18H30N6O. The second-order valence-electron chi connectivity index (χ2n) is 7.72. The highest BCUT2D eigenvalue weighted by molar-refractivity contribution is 5.79. The Labute approximate surface area is 150 Å². The van der Waals surface area contributed by atoms with E-state index in [0.29, 0.717) is 18.5 Å². The largest absolute Gasteiger partial charge is 0.342 e. The molecule has 25 heavy (non-hydrogen) atoms. The van der Waals surface area contributed by atoms with Crippen LogP contribution in [-0.4, -0.2) is 82.4 Å². The lowest BCUT2D eigenvalue weighted by atomic mass is 9.75. The summed E-state index contributed by atoms with van der Waals surface area (Å²) in [5.41, 5.74) is 1.00. The predicted octanol–water partition coefficient (Wildman–Crippen LogP) is 0.695. The monoisotopic (exact) mass is 346 g/mol. The molecule has 2 bridgehead atoms. The Bertz CT molecular complexity index is 612. The van der Waals surface area contributed by atoms with Gasteiger partial charge in [-0.3, -0.25) is 14.4 Å². The van der Waals surface area contributed by atoms with Gasteiger partial charge in [0, 0.05) is 38.9 Å². The van der Waals surface area contributed by atoms with E-state index in [-0.39, 0.29) is 11.8 Å². The van der Waals surface area contributed by atoms with Gasteiger partial charge in [-0.25, -0.2) is 0 Å². The number of carbonyl (C=O) groups is 1. The molecule has 1 aromatic heterocycles. The Morgan fingerprint density at radius 1 is 1.44 bits per heavy atom. The Morgan fingerprint density at radius 2 is 2.24 bits per heavy atom. The van der Waals surface area contributed by atoms with Crippen molar-refractivity contribution in [1.82, 2.24) is 29.7 Å². The second-order valence-corrected chi connectivity index (χ2v) is 7.72. The molecule has 4 heterocycles. The van der Waals surface area contributed by atoms with Crippen molar-refractivity contribution in [3.8, 4) is 0 Å².